The zero-order valence-corrected chi connectivity index (χ0v) is 20.0. The van der Waals surface area contributed by atoms with Crippen LogP contribution in [0.1, 0.15) is 51.8 Å². The molecule has 8 heteroatoms. The van der Waals surface area contributed by atoms with Gasteiger partial charge in [-0.25, -0.2) is 4.79 Å². The zero-order chi connectivity index (χ0) is 23.2. The fourth-order valence-corrected chi connectivity index (χ4v) is 5.64. The number of methoxy groups -OCH3 is 1. The van der Waals surface area contributed by atoms with Crippen molar-refractivity contribution >= 4 is 46.1 Å². The van der Waals surface area contributed by atoms with Crippen molar-refractivity contribution in [1.29, 1.82) is 0 Å². The average molecular weight is 483 g/mol. The monoisotopic (exact) mass is 482 g/mol. The van der Waals surface area contributed by atoms with Crippen molar-refractivity contribution in [3.63, 3.8) is 0 Å². The first-order chi connectivity index (χ1) is 16.1. The molecule has 2 aromatic heterocycles. The molecule has 0 unspecified atom stereocenters. The fourth-order valence-electron chi connectivity index (χ4n) is 4.13. The van der Waals surface area contributed by atoms with Crippen molar-refractivity contribution in [3.05, 3.63) is 74.6 Å². The second kappa shape index (κ2) is 10.8. The Morgan fingerprint density at radius 1 is 1.03 bits per heavy atom. The second-order valence-corrected chi connectivity index (χ2v) is 9.98. The number of ether oxygens (including phenoxy) is 1. The van der Waals surface area contributed by atoms with Gasteiger partial charge in [0.2, 0.25) is 11.8 Å². The Hall–Kier alpha value is -2.97. The van der Waals surface area contributed by atoms with Gasteiger partial charge in [0.25, 0.3) is 0 Å². The van der Waals surface area contributed by atoms with Crippen LogP contribution >= 0.6 is 22.7 Å². The van der Waals surface area contributed by atoms with E-state index in [-0.39, 0.29) is 24.3 Å². The highest BCUT2D eigenvalue weighted by Gasteiger charge is 2.35. The van der Waals surface area contributed by atoms with Crippen LogP contribution in [0.2, 0.25) is 0 Å². The van der Waals surface area contributed by atoms with Gasteiger partial charge in [0, 0.05) is 21.5 Å². The molecule has 0 radical (unpaired) electrons. The maximum atomic E-state index is 13.6. The van der Waals surface area contributed by atoms with E-state index < -0.39 is 12.0 Å². The van der Waals surface area contributed by atoms with Gasteiger partial charge in [-0.2, -0.15) is 0 Å². The molecule has 2 heterocycles. The minimum Gasteiger partial charge on any atom is -0.465 e. The van der Waals surface area contributed by atoms with E-state index in [1.54, 1.807) is 29.2 Å². The van der Waals surface area contributed by atoms with Crippen LogP contribution in [0.4, 0.5) is 5.69 Å². The Morgan fingerprint density at radius 2 is 1.73 bits per heavy atom. The van der Waals surface area contributed by atoms with Crippen LogP contribution in [0.5, 0.6) is 0 Å². The predicted octanol–water partition coefficient (Wildman–Crippen LogP) is 4.97. The molecule has 1 atom stereocenters. The van der Waals surface area contributed by atoms with Gasteiger partial charge in [0.05, 0.1) is 19.1 Å². The molecule has 4 rings (SSSR count). The topological polar surface area (TPSA) is 75.7 Å². The van der Waals surface area contributed by atoms with Crippen molar-refractivity contribution in [3.8, 4) is 0 Å². The van der Waals surface area contributed by atoms with E-state index in [9.17, 15) is 14.4 Å². The van der Waals surface area contributed by atoms with Crippen LogP contribution in [-0.4, -0.2) is 30.9 Å². The summed E-state index contributed by atoms with van der Waals surface area (Å²) < 4.78 is 4.79. The summed E-state index contributed by atoms with van der Waals surface area (Å²) in [6.07, 6.45) is 4.31. The lowest BCUT2D eigenvalue weighted by Crippen LogP contribution is -2.46. The van der Waals surface area contributed by atoms with Crippen molar-refractivity contribution in [2.24, 2.45) is 0 Å². The van der Waals surface area contributed by atoms with Gasteiger partial charge in [-0.3, -0.25) is 14.5 Å². The number of carbonyl (C=O) groups is 3. The highest BCUT2D eigenvalue weighted by Crippen LogP contribution is 2.33. The third kappa shape index (κ3) is 5.51. The predicted molar refractivity (Wildman–Crippen MR) is 131 cm³/mol. The molecule has 2 amide bonds. The summed E-state index contributed by atoms with van der Waals surface area (Å²) in [5.41, 5.74) is 0.944. The van der Waals surface area contributed by atoms with Crippen LogP contribution in [0, 0.1) is 0 Å². The number of nitrogens with zero attached hydrogens (tertiary/aromatic N) is 1. The van der Waals surface area contributed by atoms with E-state index in [4.69, 9.17) is 4.74 Å². The van der Waals surface area contributed by atoms with Crippen LogP contribution in [-0.2, 0) is 20.7 Å². The van der Waals surface area contributed by atoms with Gasteiger partial charge in [0.1, 0.15) is 6.04 Å². The third-order valence-corrected chi connectivity index (χ3v) is 7.56. The highest BCUT2D eigenvalue weighted by atomic mass is 32.1. The molecule has 1 N–H and O–H groups in total. The molecule has 33 heavy (non-hydrogen) atoms. The summed E-state index contributed by atoms with van der Waals surface area (Å²) in [4.78, 5) is 42.4. The third-order valence-electron chi connectivity index (χ3n) is 5.76. The normalized spacial score (nSPS) is 14.6. The molecule has 172 valence electrons. The Kier molecular flexibility index (Phi) is 7.57. The number of esters is 1. The number of amides is 2. The van der Waals surface area contributed by atoms with Crippen LogP contribution in [0.3, 0.4) is 0 Å². The molecular weight excluding hydrogens is 456 g/mol. The number of benzene rings is 1. The first kappa shape index (κ1) is 23.2. The minimum atomic E-state index is -0.790. The number of anilines is 1. The molecule has 0 saturated heterocycles. The maximum Gasteiger partial charge on any atom is 0.337 e. The number of carbonyl (C=O) groups excluding carboxylic acids is 3. The Balaban J connectivity index is 1.71. The number of hydrogen-bond acceptors (Lipinski definition) is 6. The SMILES string of the molecule is COC(=O)c1ccc(N(C(=O)Cc2cccs2)[C@@H](C(=O)NC2CCCC2)c2cccs2)cc1. The van der Waals surface area contributed by atoms with Gasteiger partial charge in [-0.15, -0.1) is 22.7 Å². The minimum absolute atomic E-state index is 0.135. The summed E-state index contributed by atoms with van der Waals surface area (Å²) in [6.45, 7) is 0. The van der Waals surface area contributed by atoms with Crippen LogP contribution in [0.15, 0.2) is 59.3 Å². The highest BCUT2D eigenvalue weighted by molar-refractivity contribution is 7.10. The van der Waals surface area contributed by atoms with E-state index in [0.29, 0.717) is 11.3 Å². The van der Waals surface area contributed by atoms with Gasteiger partial charge in [0.15, 0.2) is 0 Å². The molecular formula is C25H26N2O4S2. The molecule has 3 aromatic rings. The lowest BCUT2D eigenvalue weighted by atomic mass is 10.1. The van der Waals surface area contributed by atoms with Crippen molar-refractivity contribution in [2.75, 3.05) is 12.0 Å². The quantitative estimate of drug-likeness (QED) is 0.460. The summed E-state index contributed by atoms with van der Waals surface area (Å²) in [5, 5.41) is 7.01. The first-order valence-corrected chi connectivity index (χ1v) is 12.7. The smallest absolute Gasteiger partial charge is 0.337 e. The Morgan fingerprint density at radius 3 is 2.33 bits per heavy atom. The van der Waals surface area contributed by atoms with Crippen molar-refractivity contribution in [2.45, 2.75) is 44.2 Å². The molecule has 0 bridgehead atoms. The van der Waals surface area contributed by atoms with Crippen LogP contribution < -0.4 is 10.2 Å². The number of thiophene rings is 2. The molecule has 6 nitrogen and oxygen atoms in total. The number of hydrogen-bond donors (Lipinski definition) is 1. The Labute approximate surface area is 201 Å². The first-order valence-electron chi connectivity index (χ1n) is 10.9. The van der Waals surface area contributed by atoms with Crippen LogP contribution in [0.25, 0.3) is 0 Å². The van der Waals surface area contributed by atoms with E-state index in [2.05, 4.69) is 5.32 Å². The van der Waals surface area contributed by atoms with Crippen molar-refractivity contribution < 1.29 is 19.1 Å². The van der Waals surface area contributed by atoms with Gasteiger partial charge in [-0.1, -0.05) is 25.0 Å². The summed E-state index contributed by atoms with van der Waals surface area (Å²) >= 11 is 2.96. The lowest BCUT2D eigenvalue weighted by molar-refractivity contribution is -0.126. The Bertz CT molecular complexity index is 1070. The molecule has 0 aliphatic heterocycles. The van der Waals surface area contributed by atoms with E-state index in [1.807, 2.05) is 35.0 Å². The van der Waals surface area contributed by atoms with E-state index in [1.165, 1.54) is 29.8 Å². The van der Waals surface area contributed by atoms with Gasteiger partial charge in [-0.05, 0) is 60.0 Å². The molecule has 1 aliphatic carbocycles. The summed E-state index contributed by atoms with van der Waals surface area (Å²) in [6, 6.07) is 13.6. The molecule has 1 aromatic carbocycles. The maximum absolute atomic E-state index is 13.6. The lowest BCUT2D eigenvalue weighted by Gasteiger charge is -2.31. The van der Waals surface area contributed by atoms with Gasteiger partial charge < -0.3 is 10.1 Å². The average Bonchev–Trinajstić information content (AvgIpc) is 3.61. The van der Waals surface area contributed by atoms with Gasteiger partial charge >= 0.3 is 5.97 Å². The second-order valence-electron chi connectivity index (χ2n) is 7.97. The largest absolute Gasteiger partial charge is 0.465 e. The molecule has 1 fully saturated rings. The van der Waals surface area contributed by atoms with E-state index in [0.717, 1.165) is 35.4 Å². The van der Waals surface area contributed by atoms with Crippen molar-refractivity contribution in [1.82, 2.24) is 5.32 Å². The number of nitrogens with one attached hydrogen (secondary N) is 1. The standard InChI is InChI=1S/C25H26N2O4S2/c1-31-25(30)17-10-12-19(13-11-17)27(22(28)16-20-8-4-14-32-20)23(21-9-5-15-33-21)24(29)26-18-6-2-3-7-18/h4-5,8-15,18,23H,2-3,6-7,16H2,1H3,(H,26,29)/t23-/m1/s1. The molecule has 0 spiro atoms. The molecule has 1 saturated carbocycles. The summed E-state index contributed by atoms with van der Waals surface area (Å²) in [7, 11) is 1.33. The zero-order valence-electron chi connectivity index (χ0n) is 18.4. The van der Waals surface area contributed by atoms with E-state index >= 15 is 0 Å². The number of rotatable bonds is 8. The summed E-state index contributed by atoms with van der Waals surface area (Å²) in [5.74, 6) is -0.809. The molecule has 1 aliphatic rings. The fraction of sp³-hybridized carbons (Fsp3) is 0.320.